The molecule has 6 aromatic carbocycles. The normalized spacial score (nSPS) is 15.6. The summed E-state index contributed by atoms with van der Waals surface area (Å²) in [6, 6.07) is 43.6. The quantitative estimate of drug-likeness (QED) is 0.0220. The zero-order valence-corrected chi connectivity index (χ0v) is 65.4. The molecule has 15 rings (SSSR count). The molecule has 8 heterocycles. The molecule has 106 heavy (non-hydrogen) atoms. The Hall–Kier alpha value is -8.98. The molecule has 12 aromatic rings. The number of hydrogen-bond acceptors (Lipinski definition) is 11. The Kier molecular flexibility index (Phi) is 21.8. The molecule has 0 atom stereocenters. The Morgan fingerprint density at radius 3 is 1.41 bits per heavy atom. The summed E-state index contributed by atoms with van der Waals surface area (Å²) in [5.41, 5.74) is 20.2. The van der Waals surface area contributed by atoms with Gasteiger partial charge in [-0.05, 0) is 141 Å². The highest BCUT2D eigenvalue weighted by Crippen LogP contribution is 2.52. The summed E-state index contributed by atoms with van der Waals surface area (Å²) in [4.78, 5) is 50.8. The van der Waals surface area contributed by atoms with Gasteiger partial charge in [0.05, 0.1) is 48.3 Å². The molecule has 14 heteroatoms. The molecule has 1 aliphatic carbocycles. The Balaban J connectivity index is 0.718. The fraction of sp³-hybridized carbons (Fsp3) is 0.413. The van der Waals surface area contributed by atoms with Crippen molar-refractivity contribution in [3.8, 4) is 42.0 Å². The largest absolute Gasteiger partial charge is 0.871 e. The van der Waals surface area contributed by atoms with Crippen LogP contribution in [0.2, 0.25) is 0 Å². The number of anilines is 1. The number of thiazole rings is 2. The maximum atomic E-state index is 15.1. The monoisotopic (exact) mass is 1440 g/mol. The molecule has 0 amide bonds. The topological polar surface area (TPSA) is 134 Å². The number of unbranched alkanes of at least 4 members (excludes halogenated alkanes) is 20. The van der Waals surface area contributed by atoms with Crippen molar-refractivity contribution in [3.05, 3.63) is 180 Å². The number of hydrogen-bond donors (Lipinski definition) is 0. The Bertz CT molecular complexity index is 5400. The van der Waals surface area contributed by atoms with Crippen molar-refractivity contribution in [3.63, 3.8) is 0 Å². The number of allylic oxidation sites excluding steroid dienone is 5. The van der Waals surface area contributed by atoms with Crippen LogP contribution in [-0.4, -0.2) is 68.2 Å². The number of carbonyl (C=O) groups is 1. The third-order valence-electron chi connectivity index (χ3n) is 23.0. The lowest BCUT2D eigenvalue weighted by molar-refractivity contribution is -0.438. The summed E-state index contributed by atoms with van der Waals surface area (Å²) in [6.45, 7) is 21.5. The highest BCUT2D eigenvalue weighted by molar-refractivity contribution is 7.18. The summed E-state index contributed by atoms with van der Waals surface area (Å²) in [6.07, 6.45) is 36.6. The smallest absolute Gasteiger partial charge is 0.209 e. The SMILES string of the molecule is CCCCCCCCN1/C(=C/C2=C([O-])C(=C\C3=[N+](CCCCCCCC)c4ccc(-c5ncc(-c6ccc7c8nc9ccccc9nc8n(CCCCCCCC)c7c6)s5)cc4C3(C)C)/C2=O)C(C)(C)c2cc(-c3ncc(-c4ccc5c6nc7ccccc7nc6n(CCCCCCCC)c5c4)s3)ccc21. The predicted molar refractivity (Wildman–Crippen MR) is 443 cm³/mol. The van der Waals surface area contributed by atoms with Crippen molar-refractivity contribution in [2.24, 2.45) is 0 Å². The van der Waals surface area contributed by atoms with Crippen molar-refractivity contribution in [2.75, 3.05) is 18.0 Å². The average Bonchev–Trinajstić information content (AvgIpc) is 1.57. The van der Waals surface area contributed by atoms with Crippen molar-refractivity contribution in [2.45, 2.75) is 233 Å². The van der Waals surface area contributed by atoms with Gasteiger partial charge < -0.3 is 19.1 Å². The molecule has 0 bridgehead atoms. The van der Waals surface area contributed by atoms with Crippen molar-refractivity contribution in [1.29, 1.82) is 0 Å². The summed E-state index contributed by atoms with van der Waals surface area (Å²) < 4.78 is 7.23. The average molecular weight is 1450 g/mol. The fourth-order valence-corrected chi connectivity index (χ4v) is 18.7. The lowest BCUT2D eigenvalue weighted by Crippen LogP contribution is -2.35. The van der Waals surface area contributed by atoms with Gasteiger partial charge in [0.25, 0.3) is 0 Å². The number of aryl methyl sites for hydroxylation is 2. The van der Waals surface area contributed by atoms with Crippen LogP contribution >= 0.6 is 22.7 Å². The van der Waals surface area contributed by atoms with Gasteiger partial charge in [0, 0.05) is 106 Å². The molecule has 0 spiro atoms. The maximum absolute atomic E-state index is 15.1. The molecule has 0 unspecified atom stereocenters. The number of carbonyl (C=O) groups excluding carboxylic acids is 1. The van der Waals surface area contributed by atoms with E-state index in [9.17, 15) is 0 Å². The summed E-state index contributed by atoms with van der Waals surface area (Å²) >= 11 is 3.43. The van der Waals surface area contributed by atoms with E-state index in [4.69, 9.17) is 29.9 Å². The van der Waals surface area contributed by atoms with E-state index < -0.39 is 10.8 Å². The second-order valence-corrected chi connectivity index (χ2v) is 33.3. The van der Waals surface area contributed by atoms with Crippen LogP contribution in [0.15, 0.2) is 168 Å². The summed E-state index contributed by atoms with van der Waals surface area (Å²) in [7, 11) is 0. The van der Waals surface area contributed by atoms with Crippen LogP contribution in [0.25, 0.3) is 108 Å². The first-order chi connectivity index (χ1) is 51.8. The minimum Gasteiger partial charge on any atom is -0.871 e. The van der Waals surface area contributed by atoms with Gasteiger partial charge in [0.2, 0.25) is 5.69 Å². The molecule has 3 aliphatic rings. The molecule has 0 N–H and O–H groups in total. The highest BCUT2D eigenvalue weighted by atomic mass is 32.1. The number of Topliss-reactive ketones (excluding diaryl/α,β-unsaturated/α-hetero) is 1. The first-order valence-corrected chi connectivity index (χ1v) is 41.8. The highest BCUT2D eigenvalue weighted by Gasteiger charge is 2.47. The third-order valence-corrected chi connectivity index (χ3v) is 25.2. The van der Waals surface area contributed by atoms with E-state index in [1.54, 1.807) is 22.7 Å². The number of para-hydroxylation sites is 4. The van der Waals surface area contributed by atoms with Crippen LogP contribution in [0.5, 0.6) is 0 Å². The van der Waals surface area contributed by atoms with Crippen LogP contribution in [0, 0.1) is 0 Å². The fourth-order valence-electron chi connectivity index (χ4n) is 16.9. The van der Waals surface area contributed by atoms with Gasteiger partial charge in [-0.3, -0.25) is 4.79 Å². The molecular weight excluding hydrogens is 1340 g/mol. The standard InChI is InChI=1S/C92H104N10O2S2/c1-9-13-17-21-25-33-49-99-75-47-43-63(89-93-59-79(105-89)61-41-45-65-77(55-61)101(51-35-27-23-19-15-11-3)87-83(65)95-71-37-29-31-39-73(71)97-87)53-69(75)91(5,6)81(99)57-67-85(103)68(86(67)104)58-82-92(7,8)70-54-64(44-48-76(70)100(82)50-34-26-22-18-14-10-2)90-94-60-80(106-90)62-42-46-66-78(56-62)102(52-36-28-24-20-16-12-4)88-84(66)96-72-38-30-32-40-74(72)98-88/h29-32,37-48,53-60H,9-28,33-36,49-52H2,1-8H3. The van der Waals surface area contributed by atoms with Crippen LogP contribution < -0.4 is 10.0 Å². The molecule has 0 saturated heterocycles. The summed E-state index contributed by atoms with van der Waals surface area (Å²) in [5, 5.41) is 19.2. The lowest BCUT2D eigenvalue weighted by atomic mass is 9.77. The molecule has 0 radical (unpaired) electrons. The van der Waals surface area contributed by atoms with E-state index in [1.165, 1.54) is 127 Å². The van der Waals surface area contributed by atoms with Crippen LogP contribution in [0.1, 0.15) is 221 Å². The first-order valence-electron chi connectivity index (χ1n) is 40.2. The number of aromatic nitrogens is 8. The zero-order valence-electron chi connectivity index (χ0n) is 63.8. The number of benzene rings is 6. The van der Waals surface area contributed by atoms with Crippen LogP contribution in [0.3, 0.4) is 0 Å². The van der Waals surface area contributed by atoms with E-state index in [-0.39, 0.29) is 22.7 Å². The van der Waals surface area contributed by atoms with Gasteiger partial charge in [-0.1, -0.05) is 206 Å². The minimum atomic E-state index is -0.525. The molecule has 546 valence electrons. The molecule has 2 aliphatic heterocycles. The number of rotatable bonds is 34. The van der Waals surface area contributed by atoms with Gasteiger partial charge in [0.15, 0.2) is 22.8 Å². The molecule has 0 fully saturated rings. The Morgan fingerprint density at radius 1 is 0.462 bits per heavy atom. The Morgan fingerprint density at radius 2 is 0.906 bits per heavy atom. The van der Waals surface area contributed by atoms with E-state index in [0.29, 0.717) is 0 Å². The van der Waals surface area contributed by atoms with Crippen LogP contribution in [-0.2, 0) is 28.7 Å². The molecule has 12 nitrogen and oxygen atoms in total. The van der Waals surface area contributed by atoms with Crippen molar-refractivity contribution >= 4 is 112 Å². The van der Waals surface area contributed by atoms with E-state index in [2.05, 4.69) is 171 Å². The van der Waals surface area contributed by atoms with E-state index >= 15 is 9.90 Å². The second kappa shape index (κ2) is 31.8. The van der Waals surface area contributed by atoms with Crippen LogP contribution in [0.4, 0.5) is 11.4 Å². The van der Waals surface area contributed by atoms with Gasteiger partial charge in [-0.15, -0.1) is 22.7 Å². The molecular formula is C92H104N10O2S2. The van der Waals surface area contributed by atoms with Gasteiger partial charge in [-0.2, -0.15) is 4.58 Å². The summed E-state index contributed by atoms with van der Waals surface area (Å²) in [5.74, 6) is -0.364. The van der Waals surface area contributed by atoms with E-state index in [1.807, 2.05) is 48.8 Å². The zero-order chi connectivity index (χ0) is 73.1. The van der Waals surface area contributed by atoms with Crippen molar-refractivity contribution < 1.29 is 14.5 Å². The lowest BCUT2D eigenvalue weighted by Gasteiger charge is -2.33. The number of fused-ring (bicyclic) bond motifs is 10. The minimum absolute atomic E-state index is 0.182. The van der Waals surface area contributed by atoms with Gasteiger partial charge >= 0.3 is 0 Å². The number of ketones is 1. The van der Waals surface area contributed by atoms with Gasteiger partial charge in [-0.25, -0.2) is 29.9 Å². The first kappa shape index (κ1) is 72.6. The molecule has 6 aromatic heterocycles. The number of nitrogens with zero attached hydrogens (tertiary/aromatic N) is 10. The predicted octanol–water partition coefficient (Wildman–Crippen LogP) is 24.0. The van der Waals surface area contributed by atoms with Crippen molar-refractivity contribution in [1.82, 2.24) is 39.0 Å². The third kappa shape index (κ3) is 14.2. The maximum Gasteiger partial charge on any atom is 0.209 e. The Labute approximate surface area is 634 Å². The molecule has 0 saturated carbocycles. The van der Waals surface area contributed by atoms with Gasteiger partial charge in [0.1, 0.15) is 27.6 Å². The van der Waals surface area contributed by atoms with E-state index in [0.717, 1.165) is 196 Å². The second-order valence-electron chi connectivity index (χ2n) is 31.2.